The molecule has 2 heteroatoms. The first-order chi connectivity index (χ1) is 6.57. The monoisotopic (exact) mass is 205 g/mol. The molecule has 0 aliphatic heterocycles. The van der Waals surface area contributed by atoms with Crippen LogP contribution in [-0.2, 0) is 0 Å². The molecule has 0 unspecified atom stereocenters. The van der Waals surface area contributed by atoms with Crippen LogP contribution in [0.25, 0.3) is 0 Å². The van der Waals surface area contributed by atoms with Crippen molar-refractivity contribution in [1.82, 2.24) is 0 Å². The molecule has 1 nitrogen and oxygen atoms in total. The van der Waals surface area contributed by atoms with Crippen LogP contribution in [0.3, 0.4) is 0 Å². The van der Waals surface area contributed by atoms with Gasteiger partial charge in [-0.25, -0.2) is 0 Å². The lowest BCUT2D eigenvalue weighted by Crippen LogP contribution is -1.89. The number of nitrogens with zero attached hydrogens (tertiary/aromatic N) is 1. The highest BCUT2D eigenvalue weighted by Gasteiger charge is 2.58. The molecule has 0 N–H and O–H groups in total. The van der Waals surface area contributed by atoms with Gasteiger partial charge < -0.3 is 0 Å². The van der Waals surface area contributed by atoms with Gasteiger partial charge >= 0.3 is 0 Å². The average Bonchev–Trinajstić information content (AvgIpc) is 2.68. The van der Waals surface area contributed by atoms with Gasteiger partial charge in [0.1, 0.15) is 0 Å². The maximum absolute atomic E-state index is 8.96. The first-order valence-corrected chi connectivity index (χ1v) is 5.10. The minimum atomic E-state index is 0.111. The lowest BCUT2D eigenvalue weighted by atomic mass is 10.0. The quantitative estimate of drug-likeness (QED) is 0.687. The van der Waals surface area contributed by atoms with Crippen LogP contribution in [0.4, 0.5) is 0 Å². The molecule has 2 atom stereocenters. The molecule has 2 rings (SSSR count). The van der Waals surface area contributed by atoms with E-state index in [1.807, 2.05) is 18.2 Å². The summed E-state index contributed by atoms with van der Waals surface area (Å²) in [6.45, 7) is 4.26. The van der Waals surface area contributed by atoms with Crippen LogP contribution in [-0.4, -0.2) is 0 Å². The summed E-state index contributed by atoms with van der Waals surface area (Å²) in [6.07, 6.45) is 0. The molecule has 1 aliphatic carbocycles. The number of hydrogen-bond acceptors (Lipinski definition) is 1. The predicted molar refractivity (Wildman–Crippen MR) is 57.1 cm³/mol. The van der Waals surface area contributed by atoms with Gasteiger partial charge in [0.05, 0.1) is 12.0 Å². The minimum absolute atomic E-state index is 0.111. The maximum Gasteiger partial charge on any atom is 0.0668 e. The minimum Gasteiger partial charge on any atom is -0.198 e. The maximum atomic E-state index is 8.96. The molecule has 1 fully saturated rings. The van der Waals surface area contributed by atoms with Gasteiger partial charge in [0, 0.05) is 10.9 Å². The number of benzene rings is 1. The van der Waals surface area contributed by atoms with Crippen molar-refractivity contribution in [2.45, 2.75) is 19.8 Å². The fourth-order valence-electron chi connectivity index (χ4n) is 2.20. The highest BCUT2D eigenvalue weighted by atomic mass is 35.5. The van der Waals surface area contributed by atoms with E-state index in [-0.39, 0.29) is 11.3 Å². The highest BCUT2D eigenvalue weighted by molar-refractivity contribution is 6.30. The molecule has 0 bridgehead atoms. The van der Waals surface area contributed by atoms with Crippen molar-refractivity contribution >= 4 is 11.6 Å². The van der Waals surface area contributed by atoms with Gasteiger partial charge in [0.25, 0.3) is 0 Å². The van der Waals surface area contributed by atoms with E-state index in [4.69, 9.17) is 16.9 Å². The molecule has 0 aromatic heterocycles. The molecular weight excluding hydrogens is 194 g/mol. The number of rotatable bonds is 1. The Kier molecular flexibility index (Phi) is 2.05. The van der Waals surface area contributed by atoms with E-state index in [0.29, 0.717) is 5.92 Å². The number of nitriles is 1. The van der Waals surface area contributed by atoms with E-state index in [1.54, 1.807) is 0 Å². The summed E-state index contributed by atoms with van der Waals surface area (Å²) in [5.74, 6) is 0.493. The van der Waals surface area contributed by atoms with E-state index in [2.05, 4.69) is 26.0 Å². The smallest absolute Gasteiger partial charge is 0.0668 e. The summed E-state index contributed by atoms with van der Waals surface area (Å²) in [6, 6.07) is 10.2. The van der Waals surface area contributed by atoms with E-state index >= 15 is 0 Å². The zero-order chi connectivity index (χ0) is 10.3. The number of halogens is 1. The molecule has 1 aromatic rings. The van der Waals surface area contributed by atoms with Crippen LogP contribution in [0.15, 0.2) is 24.3 Å². The molecule has 1 saturated carbocycles. The summed E-state index contributed by atoms with van der Waals surface area (Å²) in [5, 5.41) is 9.71. The third kappa shape index (κ3) is 1.31. The van der Waals surface area contributed by atoms with Crippen molar-refractivity contribution in [3.63, 3.8) is 0 Å². The molecule has 14 heavy (non-hydrogen) atoms. The SMILES string of the molecule is CC1(C)[C@@H](C#N)[C@@H]1c1cccc(Cl)c1. The Morgan fingerprint density at radius 3 is 2.64 bits per heavy atom. The summed E-state index contributed by atoms with van der Waals surface area (Å²) in [5.41, 5.74) is 1.30. The second-order valence-corrected chi connectivity index (χ2v) is 4.90. The first kappa shape index (κ1) is 9.55. The van der Waals surface area contributed by atoms with Crippen molar-refractivity contribution in [3.8, 4) is 6.07 Å². The van der Waals surface area contributed by atoms with Crippen LogP contribution in [0.2, 0.25) is 5.02 Å². The zero-order valence-corrected chi connectivity index (χ0v) is 9.05. The van der Waals surface area contributed by atoms with Gasteiger partial charge in [-0.05, 0) is 23.1 Å². The summed E-state index contributed by atoms with van der Waals surface area (Å²) in [7, 11) is 0. The second-order valence-electron chi connectivity index (χ2n) is 4.46. The molecular formula is C12H12ClN. The normalized spacial score (nSPS) is 28.1. The van der Waals surface area contributed by atoms with Crippen molar-refractivity contribution in [1.29, 1.82) is 5.26 Å². The molecule has 1 aliphatic rings. The van der Waals surface area contributed by atoms with Gasteiger partial charge in [-0.3, -0.25) is 0 Å². The summed E-state index contributed by atoms with van der Waals surface area (Å²) < 4.78 is 0. The topological polar surface area (TPSA) is 23.8 Å². The highest BCUT2D eigenvalue weighted by Crippen LogP contribution is 2.64. The third-order valence-electron chi connectivity index (χ3n) is 3.17. The van der Waals surface area contributed by atoms with E-state index < -0.39 is 0 Å². The lowest BCUT2D eigenvalue weighted by molar-refractivity contribution is 0.596. The van der Waals surface area contributed by atoms with Gasteiger partial charge in [-0.1, -0.05) is 37.6 Å². The standard InChI is InChI=1S/C12H12ClN/c1-12(2)10(7-14)11(12)8-4-3-5-9(13)6-8/h3-6,10-11H,1-2H3/t10-,11-/m0/s1. The fraction of sp³-hybridized carbons (Fsp3) is 0.417. The van der Waals surface area contributed by atoms with E-state index in [9.17, 15) is 0 Å². The van der Waals surface area contributed by atoms with E-state index in [0.717, 1.165) is 5.02 Å². The first-order valence-electron chi connectivity index (χ1n) is 4.72. The Hall–Kier alpha value is -1.00. The van der Waals surface area contributed by atoms with Crippen LogP contribution in [0.1, 0.15) is 25.3 Å². The van der Waals surface area contributed by atoms with Crippen molar-refractivity contribution in [2.75, 3.05) is 0 Å². The number of hydrogen-bond donors (Lipinski definition) is 0. The Bertz CT molecular complexity index is 403. The molecule has 1 aromatic carbocycles. The fourth-order valence-corrected chi connectivity index (χ4v) is 2.40. The molecule has 72 valence electrons. The van der Waals surface area contributed by atoms with Crippen LogP contribution in [0, 0.1) is 22.7 Å². The molecule has 0 saturated heterocycles. The van der Waals surface area contributed by atoms with Gasteiger partial charge in [0.2, 0.25) is 0 Å². The van der Waals surface area contributed by atoms with Crippen LogP contribution in [0.5, 0.6) is 0 Å². The van der Waals surface area contributed by atoms with E-state index in [1.165, 1.54) is 5.56 Å². The second kappa shape index (κ2) is 3.00. The summed E-state index contributed by atoms with van der Waals surface area (Å²) in [4.78, 5) is 0. The largest absolute Gasteiger partial charge is 0.198 e. The third-order valence-corrected chi connectivity index (χ3v) is 3.41. The van der Waals surface area contributed by atoms with Gasteiger partial charge in [-0.15, -0.1) is 0 Å². The van der Waals surface area contributed by atoms with Crippen molar-refractivity contribution in [2.24, 2.45) is 11.3 Å². The summed E-state index contributed by atoms with van der Waals surface area (Å²) >= 11 is 5.92. The zero-order valence-electron chi connectivity index (χ0n) is 8.29. The molecule has 0 spiro atoms. The Morgan fingerprint density at radius 2 is 2.14 bits per heavy atom. The van der Waals surface area contributed by atoms with Crippen LogP contribution >= 0.6 is 11.6 Å². The van der Waals surface area contributed by atoms with Crippen molar-refractivity contribution < 1.29 is 0 Å². The predicted octanol–water partition coefficient (Wildman–Crippen LogP) is 3.60. The molecule has 0 radical (unpaired) electrons. The van der Waals surface area contributed by atoms with Gasteiger partial charge in [0.15, 0.2) is 0 Å². The molecule has 0 heterocycles. The molecule has 0 amide bonds. The Balaban J connectivity index is 2.32. The van der Waals surface area contributed by atoms with Gasteiger partial charge in [-0.2, -0.15) is 5.26 Å². The Morgan fingerprint density at radius 1 is 1.43 bits per heavy atom. The lowest BCUT2D eigenvalue weighted by Gasteiger charge is -2.02. The van der Waals surface area contributed by atoms with Crippen LogP contribution < -0.4 is 0 Å². The Labute approximate surface area is 89.3 Å². The average molecular weight is 206 g/mol. The van der Waals surface area contributed by atoms with Crippen molar-refractivity contribution in [3.05, 3.63) is 34.9 Å².